The van der Waals surface area contributed by atoms with E-state index < -0.39 is 24.2 Å². The van der Waals surface area contributed by atoms with E-state index >= 15 is 0 Å². The molecule has 0 aliphatic heterocycles. The lowest BCUT2D eigenvalue weighted by Gasteiger charge is -2.23. The standard InChI is InChI=1S/C14H15ClFNO3/c1-9(2)17(8-14(19)20)13(18)7-6-10-11(15)4-3-5-12(10)16/h3-7,9H,8H2,1-2H3,(H,19,20)/b7-6+. The van der Waals surface area contributed by atoms with Crippen LogP contribution in [0.15, 0.2) is 24.3 Å². The van der Waals surface area contributed by atoms with Gasteiger partial charge in [0.15, 0.2) is 0 Å². The van der Waals surface area contributed by atoms with Crippen LogP contribution in [0.25, 0.3) is 6.08 Å². The fourth-order valence-corrected chi connectivity index (χ4v) is 1.81. The van der Waals surface area contributed by atoms with E-state index in [2.05, 4.69) is 0 Å². The highest BCUT2D eigenvalue weighted by molar-refractivity contribution is 6.32. The molecule has 0 unspecified atom stereocenters. The Kier molecular flexibility index (Phi) is 5.70. The van der Waals surface area contributed by atoms with Gasteiger partial charge in [-0.05, 0) is 32.1 Å². The Labute approximate surface area is 121 Å². The van der Waals surface area contributed by atoms with Gasteiger partial charge >= 0.3 is 5.97 Å². The van der Waals surface area contributed by atoms with Gasteiger partial charge in [0.05, 0.1) is 5.02 Å². The second-order valence-corrected chi connectivity index (χ2v) is 4.83. The van der Waals surface area contributed by atoms with E-state index in [1.54, 1.807) is 13.8 Å². The first-order valence-corrected chi connectivity index (χ1v) is 6.35. The topological polar surface area (TPSA) is 57.6 Å². The van der Waals surface area contributed by atoms with Crippen LogP contribution in [0.2, 0.25) is 5.02 Å². The molecule has 0 aromatic heterocycles. The van der Waals surface area contributed by atoms with Crippen molar-refractivity contribution < 1.29 is 19.1 Å². The van der Waals surface area contributed by atoms with Crippen LogP contribution in [-0.4, -0.2) is 34.5 Å². The molecule has 0 saturated heterocycles. The zero-order valence-corrected chi connectivity index (χ0v) is 11.9. The molecule has 0 bridgehead atoms. The quantitative estimate of drug-likeness (QED) is 0.851. The van der Waals surface area contributed by atoms with E-state index in [0.717, 1.165) is 11.0 Å². The van der Waals surface area contributed by atoms with Gasteiger partial charge in [-0.1, -0.05) is 17.7 Å². The van der Waals surface area contributed by atoms with Crippen molar-refractivity contribution >= 4 is 29.6 Å². The Morgan fingerprint density at radius 2 is 2.10 bits per heavy atom. The van der Waals surface area contributed by atoms with E-state index in [1.165, 1.54) is 24.3 Å². The largest absolute Gasteiger partial charge is 0.480 e. The van der Waals surface area contributed by atoms with Crippen LogP contribution in [0.5, 0.6) is 0 Å². The molecule has 0 spiro atoms. The van der Waals surface area contributed by atoms with E-state index in [9.17, 15) is 14.0 Å². The number of hydrogen-bond acceptors (Lipinski definition) is 2. The zero-order valence-electron chi connectivity index (χ0n) is 11.1. The molecule has 1 N–H and O–H groups in total. The fraction of sp³-hybridized carbons (Fsp3) is 0.286. The summed E-state index contributed by atoms with van der Waals surface area (Å²) in [6, 6.07) is 3.92. The van der Waals surface area contributed by atoms with E-state index in [4.69, 9.17) is 16.7 Å². The third-order valence-corrected chi connectivity index (χ3v) is 2.93. The summed E-state index contributed by atoms with van der Waals surface area (Å²) >= 11 is 5.83. The second-order valence-electron chi connectivity index (χ2n) is 4.42. The van der Waals surface area contributed by atoms with Crippen molar-refractivity contribution in [2.75, 3.05) is 6.54 Å². The maximum absolute atomic E-state index is 13.5. The Hall–Kier alpha value is -1.88. The summed E-state index contributed by atoms with van der Waals surface area (Å²) in [5.41, 5.74) is 0.0987. The molecular formula is C14H15ClFNO3. The Balaban J connectivity index is 2.93. The number of nitrogens with zero attached hydrogens (tertiary/aromatic N) is 1. The van der Waals surface area contributed by atoms with Gasteiger partial charge in [0.2, 0.25) is 5.91 Å². The molecule has 1 rings (SSSR count). The number of carbonyl (C=O) groups is 2. The Morgan fingerprint density at radius 3 is 2.60 bits per heavy atom. The van der Waals surface area contributed by atoms with Crippen LogP contribution >= 0.6 is 11.6 Å². The lowest BCUT2D eigenvalue weighted by molar-refractivity contribution is -0.143. The summed E-state index contributed by atoms with van der Waals surface area (Å²) in [5, 5.41) is 8.94. The first-order chi connectivity index (χ1) is 9.32. The number of benzene rings is 1. The number of hydrogen-bond donors (Lipinski definition) is 1. The van der Waals surface area contributed by atoms with Crippen LogP contribution < -0.4 is 0 Å². The summed E-state index contributed by atoms with van der Waals surface area (Å²) in [4.78, 5) is 23.8. The average molecular weight is 300 g/mol. The molecular weight excluding hydrogens is 285 g/mol. The van der Waals surface area contributed by atoms with Gasteiger partial charge < -0.3 is 10.0 Å². The zero-order chi connectivity index (χ0) is 15.3. The van der Waals surface area contributed by atoms with Crippen LogP contribution in [-0.2, 0) is 9.59 Å². The molecule has 1 aromatic rings. The van der Waals surface area contributed by atoms with Crippen molar-refractivity contribution in [3.63, 3.8) is 0 Å². The van der Waals surface area contributed by atoms with Crippen LogP contribution in [0.3, 0.4) is 0 Å². The van der Waals surface area contributed by atoms with Crippen LogP contribution in [0.4, 0.5) is 4.39 Å². The number of amides is 1. The molecule has 0 heterocycles. The molecule has 0 atom stereocenters. The van der Waals surface area contributed by atoms with Gasteiger partial charge in [-0.2, -0.15) is 0 Å². The number of rotatable bonds is 5. The van der Waals surface area contributed by atoms with Crippen molar-refractivity contribution in [3.8, 4) is 0 Å². The molecule has 1 aromatic carbocycles. The number of carboxylic acid groups (broad SMARTS) is 1. The van der Waals surface area contributed by atoms with E-state index in [1.807, 2.05) is 0 Å². The maximum atomic E-state index is 13.5. The van der Waals surface area contributed by atoms with E-state index in [0.29, 0.717) is 0 Å². The lowest BCUT2D eigenvalue weighted by Crippen LogP contribution is -2.39. The highest BCUT2D eigenvalue weighted by Crippen LogP contribution is 2.20. The fourth-order valence-electron chi connectivity index (χ4n) is 1.58. The monoisotopic (exact) mass is 299 g/mol. The second kappa shape index (κ2) is 7.05. The summed E-state index contributed by atoms with van der Waals surface area (Å²) in [6.45, 7) is 2.99. The first-order valence-electron chi connectivity index (χ1n) is 5.97. The van der Waals surface area contributed by atoms with Crippen molar-refractivity contribution in [2.24, 2.45) is 0 Å². The van der Waals surface area contributed by atoms with E-state index in [-0.39, 0.29) is 16.6 Å². The third-order valence-electron chi connectivity index (χ3n) is 2.60. The molecule has 0 radical (unpaired) electrons. The van der Waals surface area contributed by atoms with Gasteiger partial charge in [-0.15, -0.1) is 0 Å². The summed E-state index contributed by atoms with van der Waals surface area (Å²) in [5.74, 6) is -2.16. The number of halogens is 2. The molecule has 4 nitrogen and oxygen atoms in total. The molecule has 20 heavy (non-hydrogen) atoms. The predicted molar refractivity (Wildman–Crippen MR) is 74.9 cm³/mol. The minimum atomic E-state index is -1.11. The molecule has 6 heteroatoms. The van der Waals surface area contributed by atoms with Gasteiger partial charge in [0.1, 0.15) is 12.4 Å². The SMILES string of the molecule is CC(C)N(CC(=O)O)C(=O)/C=C/c1c(F)cccc1Cl. The molecule has 0 saturated carbocycles. The molecule has 0 fully saturated rings. The normalized spacial score (nSPS) is 11.1. The van der Waals surface area contributed by atoms with Crippen molar-refractivity contribution in [1.82, 2.24) is 4.90 Å². The van der Waals surface area contributed by atoms with Crippen molar-refractivity contribution in [1.29, 1.82) is 0 Å². The van der Waals surface area contributed by atoms with Crippen LogP contribution in [0.1, 0.15) is 19.4 Å². The van der Waals surface area contributed by atoms with Gasteiger partial charge in [-0.3, -0.25) is 9.59 Å². The lowest BCUT2D eigenvalue weighted by atomic mass is 10.2. The highest BCUT2D eigenvalue weighted by atomic mass is 35.5. The first kappa shape index (κ1) is 16.2. The minimum Gasteiger partial charge on any atom is -0.480 e. The summed E-state index contributed by atoms with van der Waals surface area (Å²) in [7, 11) is 0. The Bertz CT molecular complexity index is 523. The molecule has 0 aliphatic carbocycles. The van der Waals surface area contributed by atoms with Gasteiger partial charge in [0.25, 0.3) is 0 Å². The minimum absolute atomic E-state index is 0.0987. The van der Waals surface area contributed by atoms with Crippen molar-refractivity contribution in [2.45, 2.75) is 19.9 Å². The van der Waals surface area contributed by atoms with Crippen molar-refractivity contribution in [3.05, 3.63) is 40.7 Å². The van der Waals surface area contributed by atoms with Gasteiger partial charge in [0, 0.05) is 17.7 Å². The predicted octanol–water partition coefficient (Wildman–Crippen LogP) is 2.81. The summed E-state index contributed by atoms with van der Waals surface area (Å²) in [6.07, 6.45) is 2.37. The van der Waals surface area contributed by atoms with Crippen LogP contribution in [0, 0.1) is 5.82 Å². The third kappa shape index (κ3) is 4.35. The summed E-state index contributed by atoms with van der Waals surface area (Å²) < 4.78 is 13.5. The van der Waals surface area contributed by atoms with Gasteiger partial charge in [-0.25, -0.2) is 4.39 Å². The number of aliphatic carboxylic acids is 1. The molecule has 0 aliphatic rings. The number of carbonyl (C=O) groups excluding carboxylic acids is 1. The number of carboxylic acids is 1. The molecule has 108 valence electrons. The Morgan fingerprint density at radius 1 is 1.45 bits per heavy atom. The highest BCUT2D eigenvalue weighted by Gasteiger charge is 2.17. The smallest absolute Gasteiger partial charge is 0.323 e. The molecule has 1 amide bonds. The maximum Gasteiger partial charge on any atom is 0.323 e. The average Bonchev–Trinajstić information content (AvgIpc) is 2.34.